The third-order valence-electron chi connectivity index (χ3n) is 3.59. The van der Waals surface area contributed by atoms with Gasteiger partial charge in [0.2, 0.25) is 6.29 Å². The van der Waals surface area contributed by atoms with Gasteiger partial charge < -0.3 is 19.2 Å². The van der Waals surface area contributed by atoms with Crippen LogP contribution in [0, 0.1) is 0 Å². The molecule has 0 aliphatic heterocycles. The van der Waals surface area contributed by atoms with Gasteiger partial charge in [0.25, 0.3) is 0 Å². The van der Waals surface area contributed by atoms with Crippen molar-refractivity contribution in [3.05, 3.63) is 12.2 Å². The zero-order chi connectivity index (χ0) is 19.2. The first-order valence-electron chi connectivity index (χ1n) is 8.15. The van der Waals surface area contributed by atoms with E-state index in [1.807, 2.05) is 6.92 Å². The molecule has 0 bridgehead atoms. The minimum absolute atomic E-state index is 0.00595. The molecule has 0 rings (SSSR count). The Morgan fingerprint density at radius 2 is 1.67 bits per heavy atom. The number of carbonyl (C=O) groups is 2. The number of amides is 1. The summed E-state index contributed by atoms with van der Waals surface area (Å²) in [7, 11) is -2.09. The molecule has 7 heteroatoms. The van der Waals surface area contributed by atoms with Gasteiger partial charge in [-0.1, -0.05) is 26.8 Å². The van der Waals surface area contributed by atoms with Crippen LogP contribution >= 0.6 is 0 Å². The summed E-state index contributed by atoms with van der Waals surface area (Å²) in [5, 5.41) is 2.37. The van der Waals surface area contributed by atoms with Crippen LogP contribution in [0.1, 0.15) is 48.5 Å². The summed E-state index contributed by atoms with van der Waals surface area (Å²) in [5.41, 5.74) is -0.618. The Morgan fingerprint density at radius 3 is 2.08 bits per heavy atom. The van der Waals surface area contributed by atoms with E-state index < -0.39 is 32.3 Å². The summed E-state index contributed by atoms with van der Waals surface area (Å²) in [6.45, 7) is 17.3. The van der Waals surface area contributed by atoms with E-state index in [4.69, 9.17) is 13.9 Å². The van der Waals surface area contributed by atoms with Crippen molar-refractivity contribution < 1.29 is 23.5 Å². The lowest BCUT2D eigenvalue weighted by atomic mass is 10.2. The summed E-state index contributed by atoms with van der Waals surface area (Å²) < 4.78 is 16.5. The smallest absolute Gasteiger partial charge is 0.408 e. The number of alkyl carbamates (subject to hydrolysis) is 1. The molecule has 1 atom stereocenters. The summed E-state index contributed by atoms with van der Waals surface area (Å²) in [6.07, 6.45) is 2.04. The first kappa shape index (κ1) is 22.7. The quantitative estimate of drug-likeness (QED) is 0.336. The Balaban J connectivity index is 4.63. The van der Waals surface area contributed by atoms with Crippen LogP contribution in [0.5, 0.6) is 0 Å². The average molecular weight is 360 g/mol. The van der Waals surface area contributed by atoms with Crippen LogP contribution < -0.4 is 5.32 Å². The van der Waals surface area contributed by atoms with Gasteiger partial charge in [0.05, 0.1) is 0 Å². The number of esters is 1. The maximum absolute atomic E-state index is 11.9. The molecule has 0 heterocycles. The van der Waals surface area contributed by atoms with Crippen LogP contribution in [0.3, 0.4) is 0 Å². The third-order valence-corrected chi connectivity index (χ3v) is 8.02. The van der Waals surface area contributed by atoms with Gasteiger partial charge in [-0.05, 0) is 51.9 Å². The molecule has 24 heavy (non-hydrogen) atoms. The molecule has 0 saturated carbocycles. The van der Waals surface area contributed by atoms with Gasteiger partial charge in [0, 0.05) is 0 Å². The zero-order valence-corrected chi connectivity index (χ0v) is 17.5. The second-order valence-electron chi connectivity index (χ2n) is 8.12. The lowest BCUT2D eigenvalue weighted by Gasteiger charge is -2.38. The molecule has 0 aromatic carbocycles. The second-order valence-corrected chi connectivity index (χ2v) is 12.9. The number of allylic oxidation sites excluding steroid dienone is 1. The van der Waals surface area contributed by atoms with Gasteiger partial charge in [0.15, 0.2) is 8.32 Å². The highest BCUT2D eigenvalue weighted by molar-refractivity contribution is 6.74. The zero-order valence-electron chi connectivity index (χ0n) is 16.5. The lowest BCUT2D eigenvalue weighted by Crippen LogP contribution is -2.45. The lowest BCUT2D eigenvalue weighted by molar-refractivity contribution is -0.157. The van der Waals surface area contributed by atoms with E-state index in [2.05, 4.69) is 39.2 Å². The maximum atomic E-state index is 11.9. The van der Waals surface area contributed by atoms with Crippen LogP contribution in [0.2, 0.25) is 18.1 Å². The molecule has 140 valence electrons. The van der Waals surface area contributed by atoms with E-state index in [-0.39, 0.29) is 11.6 Å². The summed E-state index contributed by atoms with van der Waals surface area (Å²) >= 11 is 0. The molecule has 1 amide bonds. The fourth-order valence-electron chi connectivity index (χ4n) is 1.36. The minimum atomic E-state index is -2.09. The fourth-order valence-corrected chi connectivity index (χ4v) is 2.42. The standard InChI is InChI=1S/C17H33NO5Si/c1-10-11-14(23-24(8,9)17(5,6)7)21-13(19)12-18-15(20)22-16(2,3)4/h10-11,14H,12H2,1-9H3,(H,18,20)/b11-10-/t14-/m0/s1. The van der Waals surface area contributed by atoms with E-state index in [1.165, 1.54) is 0 Å². The van der Waals surface area contributed by atoms with Crippen molar-refractivity contribution in [2.24, 2.45) is 0 Å². The van der Waals surface area contributed by atoms with E-state index in [9.17, 15) is 9.59 Å². The highest BCUT2D eigenvalue weighted by Gasteiger charge is 2.39. The predicted molar refractivity (Wildman–Crippen MR) is 97.2 cm³/mol. The van der Waals surface area contributed by atoms with Crippen LogP contribution in [0.25, 0.3) is 0 Å². The molecule has 1 N–H and O–H groups in total. The van der Waals surface area contributed by atoms with Gasteiger partial charge in [0.1, 0.15) is 12.1 Å². The van der Waals surface area contributed by atoms with Crippen LogP contribution in [0.4, 0.5) is 4.79 Å². The normalized spacial score (nSPS) is 14.4. The van der Waals surface area contributed by atoms with Crippen LogP contribution in [-0.4, -0.2) is 38.8 Å². The summed E-state index contributed by atoms with van der Waals surface area (Å²) in [5.74, 6) is -0.581. The van der Waals surface area contributed by atoms with Crippen LogP contribution in [0.15, 0.2) is 12.2 Å². The molecule has 0 radical (unpaired) electrons. The van der Waals surface area contributed by atoms with Crippen LogP contribution in [-0.2, 0) is 18.7 Å². The van der Waals surface area contributed by atoms with Gasteiger partial charge in [-0.15, -0.1) is 0 Å². The Labute approximate surface area is 147 Å². The number of rotatable bonds is 6. The van der Waals surface area contributed by atoms with E-state index in [1.54, 1.807) is 32.9 Å². The summed E-state index contributed by atoms with van der Waals surface area (Å²) in [6, 6.07) is 0. The molecular formula is C17H33NO5Si. The average Bonchev–Trinajstić information content (AvgIpc) is 2.32. The number of ether oxygens (including phenoxy) is 2. The molecule has 0 fully saturated rings. The Morgan fingerprint density at radius 1 is 1.12 bits per heavy atom. The van der Waals surface area contributed by atoms with E-state index in [0.717, 1.165) is 0 Å². The Kier molecular flexibility index (Phi) is 8.18. The van der Waals surface area contributed by atoms with E-state index in [0.29, 0.717) is 0 Å². The molecular weight excluding hydrogens is 326 g/mol. The van der Waals surface area contributed by atoms with Crippen molar-refractivity contribution in [1.29, 1.82) is 0 Å². The highest BCUT2D eigenvalue weighted by Crippen LogP contribution is 2.37. The second kappa shape index (κ2) is 8.67. The molecule has 0 aliphatic rings. The van der Waals surface area contributed by atoms with Gasteiger partial charge in [-0.2, -0.15) is 0 Å². The van der Waals surface area contributed by atoms with Crippen molar-refractivity contribution in [2.45, 2.75) is 78.5 Å². The van der Waals surface area contributed by atoms with Gasteiger partial charge >= 0.3 is 12.1 Å². The molecule has 0 aromatic rings. The van der Waals surface area contributed by atoms with Gasteiger partial charge in [-0.3, -0.25) is 4.79 Å². The first-order valence-corrected chi connectivity index (χ1v) is 11.1. The first-order chi connectivity index (χ1) is 10.7. The monoisotopic (exact) mass is 359 g/mol. The largest absolute Gasteiger partial charge is 0.444 e. The van der Waals surface area contributed by atoms with Crippen molar-refractivity contribution >= 4 is 20.4 Å². The Bertz CT molecular complexity index is 461. The number of hydrogen-bond acceptors (Lipinski definition) is 5. The Hall–Kier alpha value is -1.34. The molecule has 0 spiro atoms. The minimum Gasteiger partial charge on any atom is -0.444 e. The number of nitrogens with one attached hydrogen (secondary N) is 1. The molecule has 0 aromatic heterocycles. The molecule has 6 nitrogen and oxygen atoms in total. The SMILES string of the molecule is C/C=C\[C@@H](OC(=O)CNC(=O)OC(C)(C)C)O[Si](C)(C)C(C)(C)C. The van der Waals surface area contributed by atoms with Gasteiger partial charge in [-0.25, -0.2) is 4.79 Å². The fraction of sp³-hybridized carbons (Fsp3) is 0.765. The van der Waals surface area contributed by atoms with E-state index >= 15 is 0 Å². The molecule has 0 unspecified atom stereocenters. The van der Waals surface area contributed by atoms with Crippen molar-refractivity contribution in [3.8, 4) is 0 Å². The van der Waals surface area contributed by atoms with Crippen molar-refractivity contribution in [1.82, 2.24) is 5.32 Å². The molecule has 0 saturated heterocycles. The topological polar surface area (TPSA) is 73.9 Å². The number of hydrogen-bond donors (Lipinski definition) is 1. The maximum Gasteiger partial charge on any atom is 0.408 e. The molecule has 0 aliphatic carbocycles. The predicted octanol–water partition coefficient (Wildman–Crippen LogP) is 3.98. The number of carbonyl (C=O) groups excluding carboxylic acids is 2. The van der Waals surface area contributed by atoms with Crippen molar-refractivity contribution in [3.63, 3.8) is 0 Å². The van der Waals surface area contributed by atoms with Crippen molar-refractivity contribution in [2.75, 3.05) is 6.54 Å². The third kappa shape index (κ3) is 9.07. The highest BCUT2D eigenvalue weighted by atomic mass is 28.4. The summed E-state index contributed by atoms with van der Waals surface area (Å²) in [4.78, 5) is 23.5.